The number of carboxylic acids is 4. The number of nitrogens with one attached hydrogen (secondary N) is 1. The maximum Gasteiger partial charge on any atom is 0.336 e. The van der Waals surface area contributed by atoms with E-state index in [9.17, 15) is 78.0 Å². The minimum Gasteiger partial charge on any atom is -0.481 e. The number of benzene rings is 1. The smallest absolute Gasteiger partial charge is 0.336 e. The Hall–Kier alpha value is -5.41. The summed E-state index contributed by atoms with van der Waals surface area (Å²) in [5.41, 5.74) is 0.477. The van der Waals surface area contributed by atoms with E-state index in [0.717, 1.165) is 3.57 Å². The highest BCUT2D eigenvalue weighted by Gasteiger charge is 2.38. The monoisotopic (exact) mass is 1010 g/mol. The van der Waals surface area contributed by atoms with Crippen molar-refractivity contribution in [3.05, 3.63) is 33.4 Å². The molecule has 1 saturated carbocycles. The summed E-state index contributed by atoms with van der Waals surface area (Å²) in [6.45, 7) is 0.269. The second kappa shape index (κ2) is 26.4. The predicted molar refractivity (Wildman–Crippen MR) is 229 cm³/mol. The second-order valence-electron chi connectivity index (χ2n) is 16.7. The van der Waals surface area contributed by atoms with Crippen LogP contribution in [0.25, 0.3) is 0 Å². The van der Waals surface area contributed by atoms with Gasteiger partial charge in [0.05, 0.1) is 11.8 Å². The van der Waals surface area contributed by atoms with Gasteiger partial charge in [-0.3, -0.25) is 52.7 Å². The Bertz CT molecular complexity index is 1920. The van der Waals surface area contributed by atoms with Crippen LogP contribution in [0.5, 0.6) is 0 Å². The van der Waals surface area contributed by atoms with E-state index in [1.165, 1.54) is 0 Å². The van der Waals surface area contributed by atoms with Gasteiger partial charge in [0.25, 0.3) is 17.7 Å². The van der Waals surface area contributed by atoms with Gasteiger partial charge in [0, 0.05) is 98.6 Å². The molecule has 1 aromatic carbocycles. The summed E-state index contributed by atoms with van der Waals surface area (Å²) < 4.78 is 0.883. The summed E-state index contributed by atoms with van der Waals surface area (Å²) in [5.74, 6) is -15.0. The van der Waals surface area contributed by atoms with Gasteiger partial charge in [0.1, 0.15) is 23.1 Å². The molecule has 20 heteroatoms. The number of halogens is 1. The number of hydroxylamine groups is 2. The van der Waals surface area contributed by atoms with E-state index in [2.05, 4.69) is 27.9 Å². The molecule has 19 nitrogen and oxygen atoms in total. The van der Waals surface area contributed by atoms with E-state index < -0.39 is 152 Å². The molecule has 0 aromatic heterocycles. The van der Waals surface area contributed by atoms with Crippen molar-refractivity contribution in [3.63, 3.8) is 0 Å². The first kappa shape index (κ1) is 52.9. The number of carbonyl (C=O) groups excluding carboxylic acids is 8. The average molecular weight is 1010 g/mol. The number of rotatable bonds is 30. The lowest BCUT2D eigenvalue weighted by molar-refractivity contribution is -0.201. The van der Waals surface area contributed by atoms with Crippen LogP contribution in [0.4, 0.5) is 0 Å². The number of amides is 3. The number of carboxylic acid groups (broad SMARTS) is 4. The van der Waals surface area contributed by atoms with Crippen LogP contribution in [-0.4, -0.2) is 103 Å². The highest BCUT2D eigenvalue weighted by atomic mass is 127. The molecule has 1 saturated heterocycles. The van der Waals surface area contributed by atoms with Crippen molar-refractivity contribution in [1.82, 2.24) is 10.4 Å². The van der Waals surface area contributed by atoms with E-state index in [-0.39, 0.29) is 69.6 Å². The lowest BCUT2D eigenvalue weighted by atomic mass is 9.77. The number of hydrogen-bond donors (Lipinski definition) is 5. The van der Waals surface area contributed by atoms with Crippen LogP contribution >= 0.6 is 22.6 Å². The topological polar surface area (TPSA) is 310 Å². The first-order valence-electron chi connectivity index (χ1n) is 21.3. The molecule has 1 aromatic rings. The lowest BCUT2D eigenvalue weighted by Gasteiger charge is -2.28. The standard InChI is InChI=1S/C44H55IN2O17/c45-32-6-3-5-30(23-32)42(60)46-13-2-1-4-31(43(61)62)24-35(50)17-26(21-40(56)57)16-33(48)14-25(20-39(54)55)15-34(49)18-27(22-41(58)59)19-36(51)28-7-9-29(10-8-28)44(63)64-47-37(52)11-12-38(47)53/h3,5-6,23,25-29,31H,1-2,4,7-22,24H2,(H,46,60)(H,54,55)(H,56,57)(H,58,59)(H,61,62)/t25-,26+,27-,28?,29?,31-/m0/s1. The van der Waals surface area contributed by atoms with Crippen LogP contribution in [0.15, 0.2) is 24.3 Å². The van der Waals surface area contributed by atoms with Crippen LogP contribution in [0.3, 0.4) is 0 Å². The number of aliphatic carboxylic acids is 4. The van der Waals surface area contributed by atoms with Crippen molar-refractivity contribution >= 4 is 93.3 Å². The fraction of sp³-hybridized carbons (Fsp3) is 0.591. The van der Waals surface area contributed by atoms with Crippen molar-refractivity contribution in [2.75, 3.05) is 6.54 Å². The molecule has 4 atom stereocenters. The summed E-state index contributed by atoms with van der Waals surface area (Å²) in [6.07, 6.45) is -3.11. The first-order valence-corrected chi connectivity index (χ1v) is 22.4. The quantitative estimate of drug-likeness (QED) is 0.0400. The number of unbranched alkanes of at least 4 members (excludes halogenated alkanes) is 1. The molecule has 0 spiro atoms. The van der Waals surface area contributed by atoms with E-state index in [1.807, 2.05) is 6.07 Å². The fourth-order valence-corrected chi connectivity index (χ4v) is 8.76. The summed E-state index contributed by atoms with van der Waals surface area (Å²) >= 11 is 2.08. The molecule has 3 rings (SSSR count). The summed E-state index contributed by atoms with van der Waals surface area (Å²) in [4.78, 5) is 153. The van der Waals surface area contributed by atoms with Crippen LogP contribution in [0, 0.1) is 39.1 Å². The number of nitrogens with zero attached hydrogens (tertiary/aromatic N) is 1. The number of Topliss-reactive ketones (excluding diaryl/α,β-unsaturated/α-hetero) is 4. The minimum atomic E-state index is -1.34. The second-order valence-corrected chi connectivity index (χ2v) is 18.0. The molecular weight excluding hydrogens is 955 g/mol. The van der Waals surface area contributed by atoms with E-state index in [4.69, 9.17) is 4.84 Å². The van der Waals surface area contributed by atoms with Gasteiger partial charge in [0.15, 0.2) is 0 Å². The molecule has 2 aliphatic rings. The lowest BCUT2D eigenvalue weighted by Crippen LogP contribution is -2.36. The molecule has 5 N–H and O–H groups in total. The molecule has 0 radical (unpaired) electrons. The van der Waals surface area contributed by atoms with Gasteiger partial charge in [-0.15, -0.1) is 5.06 Å². The molecule has 1 aliphatic heterocycles. The predicted octanol–water partition coefficient (Wildman–Crippen LogP) is 4.59. The third-order valence-electron chi connectivity index (χ3n) is 11.3. The molecule has 0 bridgehead atoms. The molecule has 1 heterocycles. The SMILES string of the molecule is O=C(O)C[C@H](CC(=O)C[C@H](CC(=O)O)CC(=O)C[C@H](CC(=O)O)CC(=O)C1CCC(C(=O)ON2C(=O)CCC2=O)CC1)CC(=O)C[C@H](CCCCNC(=O)c1cccc(I)c1)C(=O)O. The van der Waals surface area contributed by atoms with Crippen LogP contribution in [0.2, 0.25) is 0 Å². The van der Waals surface area contributed by atoms with Gasteiger partial charge in [-0.2, -0.15) is 0 Å². The summed E-state index contributed by atoms with van der Waals surface area (Å²) in [6, 6.07) is 6.96. The Balaban J connectivity index is 1.50. The Labute approximate surface area is 382 Å². The van der Waals surface area contributed by atoms with Crippen LogP contribution in [-0.2, 0) is 57.6 Å². The Morgan fingerprint density at radius 2 is 1.11 bits per heavy atom. The van der Waals surface area contributed by atoms with Gasteiger partial charge in [-0.05, 0) is 97.1 Å². The Morgan fingerprint density at radius 3 is 1.58 bits per heavy atom. The maximum absolute atomic E-state index is 13.3. The highest BCUT2D eigenvalue weighted by Crippen LogP contribution is 2.33. The van der Waals surface area contributed by atoms with Crippen molar-refractivity contribution in [3.8, 4) is 0 Å². The Kier molecular flexibility index (Phi) is 21.8. The van der Waals surface area contributed by atoms with Gasteiger partial charge < -0.3 is 30.6 Å². The zero-order valence-corrected chi connectivity index (χ0v) is 37.5. The third-order valence-corrected chi connectivity index (χ3v) is 12.0. The Morgan fingerprint density at radius 1 is 0.641 bits per heavy atom. The molecule has 2 fully saturated rings. The number of ketones is 4. The van der Waals surface area contributed by atoms with E-state index >= 15 is 0 Å². The molecule has 3 amide bonds. The zero-order valence-electron chi connectivity index (χ0n) is 35.3. The third kappa shape index (κ3) is 19.1. The van der Waals surface area contributed by atoms with Crippen molar-refractivity contribution in [1.29, 1.82) is 0 Å². The first-order chi connectivity index (χ1) is 30.2. The van der Waals surface area contributed by atoms with Crippen molar-refractivity contribution in [2.45, 2.75) is 122 Å². The van der Waals surface area contributed by atoms with Gasteiger partial charge in [-0.25, -0.2) is 4.79 Å². The molecule has 350 valence electrons. The number of imide groups is 1. The maximum atomic E-state index is 13.3. The summed E-state index contributed by atoms with van der Waals surface area (Å²) in [7, 11) is 0. The van der Waals surface area contributed by atoms with E-state index in [0.29, 0.717) is 23.5 Å². The highest BCUT2D eigenvalue weighted by molar-refractivity contribution is 14.1. The normalized spacial score (nSPS) is 18.0. The number of carbonyl (C=O) groups is 12. The minimum absolute atomic E-state index is 0.0624. The van der Waals surface area contributed by atoms with Gasteiger partial charge >= 0.3 is 29.8 Å². The van der Waals surface area contributed by atoms with Gasteiger partial charge in [0.2, 0.25) is 0 Å². The van der Waals surface area contributed by atoms with E-state index in [1.54, 1.807) is 18.2 Å². The molecule has 1 aliphatic carbocycles. The summed E-state index contributed by atoms with van der Waals surface area (Å²) in [5, 5.41) is 41.6. The molecular formula is C44H55IN2O17. The van der Waals surface area contributed by atoms with Crippen LogP contribution in [0.1, 0.15) is 132 Å². The van der Waals surface area contributed by atoms with Crippen molar-refractivity contribution in [2.24, 2.45) is 35.5 Å². The van der Waals surface area contributed by atoms with Crippen molar-refractivity contribution < 1.29 is 82.8 Å². The average Bonchev–Trinajstić information content (AvgIpc) is 3.51. The van der Waals surface area contributed by atoms with Gasteiger partial charge in [-0.1, -0.05) is 12.5 Å². The number of hydrogen-bond acceptors (Lipinski definition) is 13. The largest absolute Gasteiger partial charge is 0.481 e. The van der Waals surface area contributed by atoms with Crippen LogP contribution < -0.4 is 5.32 Å². The molecule has 0 unspecified atom stereocenters. The fourth-order valence-electron chi connectivity index (χ4n) is 8.21. The zero-order chi connectivity index (χ0) is 47.5. The molecule has 64 heavy (non-hydrogen) atoms.